The summed E-state index contributed by atoms with van der Waals surface area (Å²) in [7, 11) is 0. The maximum absolute atomic E-state index is 5.82. The number of thioether (sulfide) groups is 1. The van der Waals surface area contributed by atoms with Crippen molar-refractivity contribution in [1.82, 2.24) is 19.7 Å². The summed E-state index contributed by atoms with van der Waals surface area (Å²) in [6.07, 6.45) is 3.47. The molecule has 6 heteroatoms. The fraction of sp³-hybridized carbons (Fsp3) is 0.0556. The Morgan fingerprint density at radius 2 is 1.71 bits per heavy atom. The second kappa shape index (κ2) is 6.72. The maximum Gasteiger partial charge on any atom is 0.205 e. The van der Waals surface area contributed by atoms with Gasteiger partial charge in [0.05, 0.1) is 11.9 Å². The average Bonchev–Trinajstić information content (AvgIpc) is 3.31. The van der Waals surface area contributed by atoms with Crippen LogP contribution in [0.3, 0.4) is 0 Å². The summed E-state index contributed by atoms with van der Waals surface area (Å²) in [5.74, 6) is 2.04. The maximum atomic E-state index is 5.82. The van der Waals surface area contributed by atoms with E-state index in [1.165, 1.54) is 0 Å². The Bertz CT molecular complexity index is 918. The fourth-order valence-corrected chi connectivity index (χ4v) is 3.11. The van der Waals surface area contributed by atoms with Crippen molar-refractivity contribution in [1.29, 1.82) is 0 Å². The highest BCUT2D eigenvalue weighted by atomic mass is 32.2. The molecular weight excluding hydrogens is 320 g/mol. The van der Waals surface area contributed by atoms with Gasteiger partial charge < -0.3 is 4.42 Å². The van der Waals surface area contributed by atoms with Crippen molar-refractivity contribution in [2.45, 2.75) is 10.9 Å². The molecule has 0 unspecified atom stereocenters. The Labute approximate surface area is 143 Å². The molecule has 0 radical (unpaired) electrons. The van der Waals surface area contributed by atoms with E-state index in [-0.39, 0.29) is 0 Å². The number of hydrogen-bond donors (Lipinski definition) is 0. The molecule has 24 heavy (non-hydrogen) atoms. The van der Waals surface area contributed by atoms with Crippen LogP contribution in [-0.4, -0.2) is 19.7 Å². The van der Waals surface area contributed by atoms with Gasteiger partial charge in [0.25, 0.3) is 0 Å². The second-order valence-corrected chi connectivity index (χ2v) is 6.03. The van der Waals surface area contributed by atoms with Crippen molar-refractivity contribution in [3.63, 3.8) is 0 Å². The first-order valence-electron chi connectivity index (χ1n) is 7.48. The number of nitrogens with zero attached hydrogens (tertiary/aromatic N) is 4. The van der Waals surface area contributed by atoms with E-state index in [2.05, 4.69) is 15.2 Å². The summed E-state index contributed by atoms with van der Waals surface area (Å²) >= 11 is 1.54. The third-order valence-electron chi connectivity index (χ3n) is 3.49. The lowest BCUT2D eigenvalue weighted by molar-refractivity contribution is 0.529. The molecule has 0 saturated carbocycles. The molecule has 118 valence electrons. The summed E-state index contributed by atoms with van der Waals surface area (Å²) in [6, 6.07) is 20.0. The Morgan fingerprint density at radius 3 is 2.50 bits per heavy atom. The van der Waals surface area contributed by atoms with Crippen molar-refractivity contribution in [3.8, 4) is 17.0 Å². The molecule has 2 heterocycles. The highest BCUT2D eigenvalue weighted by Crippen LogP contribution is 2.26. The second-order valence-electron chi connectivity index (χ2n) is 5.09. The summed E-state index contributed by atoms with van der Waals surface area (Å²) < 4.78 is 7.77. The van der Waals surface area contributed by atoms with E-state index in [4.69, 9.17) is 4.42 Å². The molecule has 5 nitrogen and oxygen atoms in total. The molecule has 0 bridgehead atoms. The van der Waals surface area contributed by atoms with Crippen molar-refractivity contribution in [3.05, 3.63) is 79.1 Å². The predicted molar refractivity (Wildman–Crippen MR) is 92.9 cm³/mol. The first-order valence-corrected chi connectivity index (χ1v) is 8.47. The van der Waals surface area contributed by atoms with Crippen LogP contribution in [0.15, 0.2) is 82.8 Å². The minimum absolute atomic E-state index is 0.596. The first kappa shape index (κ1) is 14.7. The largest absolute Gasteiger partial charge is 0.440 e. The molecule has 0 fully saturated rings. The zero-order valence-electron chi connectivity index (χ0n) is 12.7. The third kappa shape index (κ3) is 3.09. The fourth-order valence-electron chi connectivity index (χ4n) is 2.33. The van der Waals surface area contributed by atoms with Gasteiger partial charge >= 0.3 is 0 Å². The zero-order chi connectivity index (χ0) is 16.2. The Hall–Kier alpha value is -2.86. The molecule has 2 aromatic carbocycles. The molecule has 0 spiro atoms. The Morgan fingerprint density at radius 1 is 0.958 bits per heavy atom. The van der Waals surface area contributed by atoms with Crippen molar-refractivity contribution >= 4 is 11.8 Å². The van der Waals surface area contributed by atoms with Gasteiger partial charge in [0.2, 0.25) is 5.89 Å². The topological polar surface area (TPSA) is 56.7 Å². The number of benzene rings is 2. The number of aromatic nitrogens is 4. The van der Waals surface area contributed by atoms with Crippen LogP contribution >= 0.6 is 11.8 Å². The van der Waals surface area contributed by atoms with Gasteiger partial charge in [-0.15, -0.1) is 10.2 Å². The molecule has 0 aliphatic rings. The van der Waals surface area contributed by atoms with E-state index < -0.39 is 0 Å². The summed E-state index contributed by atoms with van der Waals surface area (Å²) in [5.41, 5.74) is 2.05. The molecule has 4 aromatic rings. The predicted octanol–water partition coefficient (Wildman–Crippen LogP) is 4.21. The molecule has 0 aliphatic heterocycles. The van der Waals surface area contributed by atoms with Gasteiger partial charge in [0.15, 0.2) is 10.9 Å². The van der Waals surface area contributed by atoms with E-state index in [1.54, 1.807) is 24.3 Å². The van der Waals surface area contributed by atoms with Crippen LogP contribution in [0.5, 0.6) is 0 Å². The van der Waals surface area contributed by atoms with Crippen LogP contribution in [-0.2, 0) is 5.75 Å². The highest BCUT2D eigenvalue weighted by Gasteiger charge is 2.11. The van der Waals surface area contributed by atoms with Gasteiger partial charge in [-0.25, -0.2) is 4.98 Å². The SMILES string of the molecule is c1ccc(-c2cnc(CSc3nncn3-c3ccccc3)o2)cc1. The Balaban J connectivity index is 1.49. The monoisotopic (exact) mass is 334 g/mol. The van der Waals surface area contributed by atoms with Crippen LogP contribution in [0.25, 0.3) is 17.0 Å². The average molecular weight is 334 g/mol. The summed E-state index contributed by atoms with van der Waals surface area (Å²) in [4.78, 5) is 4.35. The van der Waals surface area contributed by atoms with Gasteiger partial charge in [-0.3, -0.25) is 4.57 Å². The molecule has 0 N–H and O–H groups in total. The van der Waals surface area contributed by atoms with Crippen LogP contribution in [0.2, 0.25) is 0 Å². The number of hydrogen-bond acceptors (Lipinski definition) is 5. The van der Waals surface area contributed by atoms with E-state index >= 15 is 0 Å². The minimum Gasteiger partial charge on any atom is -0.440 e. The van der Waals surface area contributed by atoms with Gasteiger partial charge in [0, 0.05) is 11.3 Å². The molecule has 0 aliphatic carbocycles. The van der Waals surface area contributed by atoms with Crippen LogP contribution < -0.4 is 0 Å². The minimum atomic E-state index is 0.596. The lowest BCUT2D eigenvalue weighted by atomic mass is 10.2. The molecule has 0 saturated heterocycles. The first-order chi connectivity index (χ1) is 11.9. The quantitative estimate of drug-likeness (QED) is 0.512. The number of para-hydroxylation sites is 1. The number of rotatable bonds is 5. The smallest absolute Gasteiger partial charge is 0.205 e. The molecular formula is C18H14N4OS. The standard InChI is InChI=1S/C18H14N4OS/c1-3-7-14(8-4-1)16-11-19-17(23-16)12-24-18-21-20-13-22(18)15-9-5-2-6-10-15/h1-11,13H,12H2. The normalized spacial score (nSPS) is 10.8. The Kier molecular flexibility index (Phi) is 4.12. The summed E-state index contributed by atoms with van der Waals surface area (Å²) in [6.45, 7) is 0. The van der Waals surface area contributed by atoms with E-state index in [1.807, 2.05) is 65.2 Å². The lowest BCUT2D eigenvalue weighted by Gasteiger charge is -2.04. The van der Waals surface area contributed by atoms with Crippen molar-refractivity contribution < 1.29 is 4.42 Å². The molecule has 2 aromatic heterocycles. The van der Waals surface area contributed by atoms with E-state index in [0.29, 0.717) is 11.6 Å². The van der Waals surface area contributed by atoms with Gasteiger partial charge in [0.1, 0.15) is 6.33 Å². The highest BCUT2D eigenvalue weighted by molar-refractivity contribution is 7.98. The number of oxazole rings is 1. The van der Waals surface area contributed by atoms with E-state index in [0.717, 1.165) is 22.2 Å². The molecule has 0 atom stereocenters. The van der Waals surface area contributed by atoms with Gasteiger partial charge in [-0.05, 0) is 12.1 Å². The van der Waals surface area contributed by atoms with Crippen LogP contribution in [0.1, 0.15) is 5.89 Å². The van der Waals surface area contributed by atoms with Crippen LogP contribution in [0.4, 0.5) is 0 Å². The molecule has 0 amide bonds. The molecule has 4 rings (SSSR count). The summed E-state index contributed by atoms with van der Waals surface area (Å²) in [5, 5.41) is 8.99. The van der Waals surface area contributed by atoms with E-state index in [9.17, 15) is 0 Å². The van der Waals surface area contributed by atoms with Crippen molar-refractivity contribution in [2.24, 2.45) is 0 Å². The van der Waals surface area contributed by atoms with Crippen molar-refractivity contribution in [2.75, 3.05) is 0 Å². The van der Waals surface area contributed by atoms with Gasteiger partial charge in [-0.2, -0.15) is 0 Å². The lowest BCUT2D eigenvalue weighted by Crippen LogP contribution is -1.94. The zero-order valence-corrected chi connectivity index (χ0v) is 13.6. The third-order valence-corrected chi connectivity index (χ3v) is 4.42. The van der Waals surface area contributed by atoms with Crippen LogP contribution in [0, 0.1) is 0 Å². The van der Waals surface area contributed by atoms with Gasteiger partial charge in [-0.1, -0.05) is 60.3 Å².